The van der Waals surface area contributed by atoms with Crippen LogP contribution in [0, 0.1) is 11.6 Å². The van der Waals surface area contributed by atoms with Gasteiger partial charge in [0, 0.05) is 37.9 Å². The number of rotatable bonds is 8. The average molecular weight is 590 g/mol. The van der Waals surface area contributed by atoms with Gasteiger partial charge < -0.3 is 15.4 Å². The van der Waals surface area contributed by atoms with Crippen LogP contribution >= 0.6 is 0 Å². The lowest BCUT2D eigenvalue weighted by molar-refractivity contribution is 0.00790. The number of aromatic nitrogens is 4. The maximum Gasteiger partial charge on any atom is 0.279 e. The fraction of sp³-hybridized carbons (Fsp3) is 0.387. The number of amides is 1. The van der Waals surface area contributed by atoms with Gasteiger partial charge >= 0.3 is 0 Å². The Morgan fingerprint density at radius 1 is 0.953 bits per heavy atom. The fourth-order valence-electron chi connectivity index (χ4n) is 5.80. The van der Waals surface area contributed by atoms with Gasteiger partial charge in [-0.3, -0.25) is 19.5 Å². The van der Waals surface area contributed by atoms with E-state index in [0.717, 1.165) is 85.7 Å². The Labute approximate surface area is 247 Å². The highest BCUT2D eigenvalue weighted by molar-refractivity contribution is 5.93. The second-order valence-corrected chi connectivity index (χ2v) is 11.0. The predicted molar refractivity (Wildman–Crippen MR) is 157 cm³/mol. The van der Waals surface area contributed by atoms with Gasteiger partial charge in [0.05, 0.1) is 37.0 Å². The molecule has 0 radical (unpaired) electrons. The number of halogens is 2. The number of anilines is 1. The molecule has 0 bridgehead atoms. The molecule has 2 aromatic carbocycles. The third-order valence-electron chi connectivity index (χ3n) is 8.14. The Morgan fingerprint density at radius 2 is 1.74 bits per heavy atom. The molecule has 1 saturated heterocycles. The molecule has 3 heterocycles. The topological polar surface area (TPSA) is 114 Å². The summed E-state index contributed by atoms with van der Waals surface area (Å²) in [5, 5.41) is 10.3. The molecule has 2 N–H and O–H groups in total. The summed E-state index contributed by atoms with van der Waals surface area (Å²) in [6, 6.07) is 11.2. The van der Waals surface area contributed by atoms with Crippen molar-refractivity contribution >= 4 is 22.8 Å². The van der Waals surface area contributed by atoms with Crippen LogP contribution in [0.5, 0.6) is 0 Å². The van der Waals surface area contributed by atoms with Gasteiger partial charge in [0.25, 0.3) is 11.5 Å². The Morgan fingerprint density at radius 3 is 2.53 bits per heavy atom. The lowest BCUT2D eigenvalue weighted by Crippen LogP contribution is -2.46. The van der Waals surface area contributed by atoms with Gasteiger partial charge in [-0.1, -0.05) is 12.1 Å². The Hall–Kier alpha value is -4.29. The molecule has 2 aromatic heterocycles. The smallest absolute Gasteiger partial charge is 0.279 e. The molecule has 2 fully saturated rings. The van der Waals surface area contributed by atoms with E-state index in [1.165, 1.54) is 18.3 Å². The van der Waals surface area contributed by atoms with Crippen LogP contribution in [0.25, 0.3) is 11.0 Å². The standard InChI is InChI=1S/C31H33F2N7O3/c32-25-7-1-21(15-26(25)33)19-40-31(42)24(9-10-36-40)30(41)35-17-20-2-8-27-28(16-20)38-29(18-34-27)37-22-3-5-23(6-4-22)39-11-13-43-14-12-39/h1-2,7-10,15-16,18,22-23H,3-6,11-14,17,19H2,(H,35,41)(H,37,38)/t22-,23-. The zero-order valence-electron chi connectivity index (χ0n) is 23.6. The van der Waals surface area contributed by atoms with Gasteiger partial charge in [0.1, 0.15) is 11.4 Å². The number of carbonyl (C=O) groups excluding carboxylic acids is 1. The van der Waals surface area contributed by atoms with E-state index in [4.69, 9.17) is 9.72 Å². The van der Waals surface area contributed by atoms with Crippen LogP contribution < -0.4 is 16.2 Å². The highest BCUT2D eigenvalue weighted by atomic mass is 19.2. The zero-order valence-corrected chi connectivity index (χ0v) is 23.6. The normalized spacial score (nSPS) is 19.3. The van der Waals surface area contributed by atoms with E-state index in [2.05, 4.69) is 25.6 Å². The summed E-state index contributed by atoms with van der Waals surface area (Å²) >= 11 is 0. The van der Waals surface area contributed by atoms with Gasteiger partial charge in [-0.05, 0) is 67.1 Å². The van der Waals surface area contributed by atoms with Gasteiger partial charge in [-0.2, -0.15) is 5.10 Å². The Kier molecular flexibility index (Phi) is 8.66. The van der Waals surface area contributed by atoms with Crippen molar-refractivity contribution in [2.24, 2.45) is 0 Å². The molecular weight excluding hydrogens is 556 g/mol. The highest BCUT2D eigenvalue weighted by Crippen LogP contribution is 2.26. The molecule has 1 amide bonds. The minimum atomic E-state index is -1.02. The van der Waals surface area contributed by atoms with Crippen molar-refractivity contribution in [2.75, 3.05) is 31.6 Å². The van der Waals surface area contributed by atoms with Crippen molar-refractivity contribution in [3.8, 4) is 0 Å². The molecular formula is C31H33F2N7O3. The Bertz CT molecular complexity index is 1670. The number of nitrogens with one attached hydrogen (secondary N) is 2. The van der Waals surface area contributed by atoms with E-state index in [-0.39, 0.29) is 18.7 Å². The second kappa shape index (κ2) is 12.9. The number of benzene rings is 2. The fourth-order valence-corrected chi connectivity index (χ4v) is 5.80. The van der Waals surface area contributed by atoms with Crippen LogP contribution in [0.15, 0.2) is 59.7 Å². The van der Waals surface area contributed by atoms with Crippen molar-refractivity contribution in [3.05, 3.63) is 93.5 Å². The molecule has 10 nitrogen and oxygen atoms in total. The lowest BCUT2D eigenvalue weighted by atomic mass is 9.90. The third kappa shape index (κ3) is 6.86. The summed E-state index contributed by atoms with van der Waals surface area (Å²) in [6.07, 6.45) is 7.53. The first-order chi connectivity index (χ1) is 20.9. The first-order valence-electron chi connectivity index (χ1n) is 14.6. The van der Waals surface area contributed by atoms with E-state index in [9.17, 15) is 18.4 Å². The quantitative estimate of drug-likeness (QED) is 0.321. The summed E-state index contributed by atoms with van der Waals surface area (Å²) < 4.78 is 33.4. The first-order valence-corrected chi connectivity index (χ1v) is 14.6. The van der Waals surface area contributed by atoms with Crippen molar-refractivity contribution in [1.29, 1.82) is 0 Å². The molecule has 6 rings (SSSR count). The molecule has 0 unspecified atom stereocenters. The van der Waals surface area contributed by atoms with Crippen LogP contribution in [0.3, 0.4) is 0 Å². The number of ether oxygens (including phenoxy) is 1. The molecule has 2 aliphatic rings. The molecule has 43 heavy (non-hydrogen) atoms. The van der Waals surface area contributed by atoms with Crippen LogP contribution in [-0.4, -0.2) is 68.9 Å². The highest BCUT2D eigenvalue weighted by Gasteiger charge is 2.27. The van der Waals surface area contributed by atoms with E-state index in [0.29, 0.717) is 23.2 Å². The maximum atomic E-state index is 13.6. The van der Waals surface area contributed by atoms with Gasteiger partial charge in [-0.25, -0.2) is 18.4 Å². The molecule has 1 aliphatic carbocycles. The zero-order chi connectivity index (χ0) is 29.8. The molecule has 0 atom stereocenters. The maximum absolute atomic E-state index is 13.6. The summed E-state index contributed by atoms with van der Waals surface area (Å²) in [7, 11) is 0. The summed E-state index contributed by atoms with van der Waals surface area (Å²) in [6.45, 7) is 3.74. The number of nitrogens with zero attached hydrogens (tertiary/aromatic N) is 5. The first kappa shape index (κ1) is 28.8. The number of hydrogen-bond acceptors (Lipinski definition) is 8. The Balaban J connectivity index is 1.07. The van der Waals surface area contributed by atoms with Crippen LogP contribution in [0.4, 0.5) is 14.6 Å². The van der Waals surface area contributed by atoms with Gasteiger partial charge in [0.2, 0.25) is 0 Å². The molecule has 12 heteroatoms. The molecule has 1 saturated carbocycles. The number of carbonyl (C=O) groups is 1. The van der Waals surface area contributed by atoms with Crippen LogP contribution in [-0.2, 0) is 17.8 Å². The number of hydrogen-bond donors (Lipinski definition) is 2. The average Bonchev–Trinajstić information content (AvgIpc) is 3.03. The van der Waals surface area contributed by atoms with Crippen molar-refractivity contribution < 1.29 is 18.3 Å². The lowest BCUT2D eigenvalue weighted by Gasteiger charge is -2.39. The van der Waals surface area contributed by atoms with E-state index in [1.54, 1.807) is 6.20 Å². The van der Waals surface area contributed by atoms with E-state index < -0.39 is 23.1 Å². The summed E-state index contributed by atoms with van der Waals surface area (Å²) in [5.41, 5.74) is 1.85. The summed E-state index contributed by atoms with van der Waals surface area (Å²) in [4.78, 5) is 37.7. The van der Waals surface area contributed by atoms with E-state index >= 15 is 0 Å². The van der Waals surface area contributed by atoms with Crippen molar-refractivity contribution in [2.45, 2.75) is 50.9 Å². The third-order valence-corrected chi connectivity index (χ3v) is 8.14. The largest absolute Gasteiger partial charge is 0.379 e. The summed E-state index contributed by atoms with van der Waals surface area (Å²) in [5.74, 6) is -1.84. The number of morpholine rings is 1. The van der Waals surface area contributed by atoms with Crippen molar-refractivity contribution in [1.82, 2.24) is 30.0 Å². The second-order valence-electron chi connectivity index (χ2n) is 11.0. The minimum Gasteiger partial charge on any atom is -0.379 e. The molecule has 224 valence electrons. The minimum absolute atomic E-state index is 0.104. The van der Waals surface area contributed by atoms with E-state index in [1.807, 2.05) is 18.2 Å². The molecule has 4 aromatic rings. The van der Waals surface area contributed by atoms with Crippen molar-refractivity contribution in [3.63, 3.8) is 0 Å². The molecule has 1 aliphatic heterocycles. The number of fused-ring (bicyclic) bond motifs is 1. The predicted octanol–water partition coefficient (Wildman–Crippen LogP) is 3.50. The van der Waals surface area contributed by atoms with Gasteiger partial charge in [0.15, 0.2) is 11.6 Å². The van der Waals surface area contributed by atoms with Crippen LogP contribution in [0.2, 0.25) is 0 Å². The van der Waals surface area contributed by atoms with Gasteiger partial charge in [-0.15, -0.1) is 0 Å². The molecule has 0 spiro atoms. The SMILES string of the molecule is O=C(NCc1ccc2ncc(N[C@H]3CC[C@H](N4CCOCC4)CC3)nc2c1)c1ccnn(Cc2ccc(F)c(F)c2)c1=O. The monoisotopic (exact) mass is 589 g/mol. The van der Waals surface area contributed by atoms with Crippen LogP contribution in [0.1, 0.15) is 47.2 Å².